The first-order chi connectivity index (χ1) is 10.7. The number of para-hydroxylation sites is 1. The molecule has 1 aliphatic rings. The molecule has 0 saturated heterocycles. The van der Waals surface area contributed by atoms with Gasteiger partial charge in [0, 0.05) is 37.6 Å². The van der Waals surface area contributed by atoms with E-state index < -0.39 is 0 Å². The first-order valence-electron chi connectivity index (χ1n) is 8.11. The summed E-state index contributed by atoms with van der Waals surface area (Å²) in [6, 6.07) is 10.7. The van der Waals surface area contributed by atoms with Gasteiger partial charge in [0.2, 0.25) is 5.95 Å². The monoisotopic (exact) mass is 296 g/mol. The Morgan fingerprint density at radius 2 is 2.05 bits per heavy atom. The van der Waals surface area contributed by atoms with Crippen LogP contribution in [0.4, 0.5) is 17.5 Å². The number of rotatable bonds is 5. The Bertz CT molecular complexity index is 653. The normalized spacial score (nSPS) is 13.3. The van der Waals surface area contributed by atoms with Gasteiger partial charge in [-0.2, -0.15) is 4.98 Å². The number of nitrogens with zero attached hydrogens (tertiary/aromatic N) is 4. The maximum Gasteiger partial charge on any atom is 0.227 e. The number of anilines is 3. The zero-order valence-electron chi connectivity index (χ0n) is 13.7. The van der Waals surface area contributed by atoms with Crippen LogP contribution in [0.3, 0.4) is 0 Å². The Morgan fingerprint density at radius 3 is 2.86 bits per heavy atom. The Morgan fingerprint density at radius 1 is 1.23 bits per heavy atom. The summed E-state index contributed by atoms with van der Waals surface area (Å²) in [7, 11) is 2.08. The molecule has 3 rings (SSSR count). The van der Waals surface area contributed by atoms with Crippen LogP contribution in [0.15, 0.2) is 30.3 Å². The van der Waals surface area contributed by atoms with Crippen molar-refractivity contribution < 1.29 is 0 Å². The van der Waals surface area contributed by atoms with Gasteiger partial charge in [0.15, 0.2) is 0 Å². The number of aromatic nitrogens is 2. The third kappa shape index (κ3) is 2.91. The topological polar surface area (TPSA) is 32.3 Å². The second kappa shape index (κ2) is 6.34. The van der Waals surface area contributed by atoms with Crippen molar-refractivity contribution in [2.24, 2.45) is 0 Å². The quantitative estimate of drug-likeness (QED) is 0.842. The van der Waals surface area contributed by atoms with Crippen molar-refractivity contribution >= 4 is 17.5 Å². The minimum absolute atomic E-state index is 0.827. The van der Waals surface area contributed by atoms with E-state index in [1.807, 2.05) is 6.92 Å². The molecule has 4 heteroatoms. The van der Waals surface area contributed by atoms with Crippen LogP contribution in [0, 0.1) is 6.92 Å². The van der Waals surface area contributed by atoms with Crippen molar-refractivity contribution in [3.05, 3.63) is 41.6 Å². The smallest absolute Gasteiger partial charge is 0.227 e. The molecule has 2 aromatic rings. The van der Waals surface area contributed by atoms with Crippen LogP contribution in [0.2, 0.25) is 0 Å². The minimum Gasteiger partial charge on any atom is -0.344 e. The maximum atomic E-state index is 4.81. The number of aryl methyl sites for hydroxylation is 1. The molecule has 1 aromatic heterocycles. The van der Waals surface area contributed by atoms with Gasteiger partial charge in [-0.3, -0.25) is 0 Å². The van der Waals surface area contributed by atoms with Gasteiger partial charge in [-0.25, -0.2) is 4.98 Å². The molecule has 4 nitrogen and oxygen atoms in total. The number of hydrogen-bond acceptors (Lipinski definition) is 4. The minimum atomic E-state index is 0.827. The average molecular weight is 296 g/mol. The molecule has 0 amide bonds. The summed E-state index contributed by atoms with van der Waals surface area (Å²) in [6.45, 7) is 6.24. The SMILES string of the molecule is CCCCN(C)c1nc(C)cc(N2CCc3ccccc32)n1. The zero-order valence-corrected chi connectivity index (χ0v) is 13.7. The van der Waals surface area contributed by atoms with Gasteiger partial charge < -0.3 is 9.80 Å². The maximum absolute atomic E-state index is 4.81. The van der Waals surface area contributed by atoms with E-state index >= 15 is 0 Å². The van der Waals surface area contributed by atoms with E-state index in [-0.39, 0.29) is 0 Å². The number of benzene rings is 1. The molecular weight excluding hydrogens is 272 g/mol. The Labute approximate surface area is 132 Å². The van der Waals surface area contributed by atoms with E-state index in [1.165, 1.54) is 17.7 Å². The second-order valence-corrected chi connectivity index (χ2v) is 5.97. The predicted molar refractivity (Wildman–Crippen MR) is 92.1 cm³/mol. The molecule has 0 N–H and O–H groups in total. The van der Waals surface area contributed by atoms with Crippen LogP contribution in [0.1, 0.15) is 31.0 Å². The van der Waals surface area contributed by atoms with E-state index in [4.69, 9.17) is 4.98 Å². The van der Waals surface area contributed by atoms with Gasteiger partial charge in [0.25, 0.3) is 0 Å². The van der Waals surface area contributed by atoms with Crippen molar-refractivity contribution in [2.45, 2.75) is 33.1 Å². The summed E-state index contributed by atoms with van der Waals surface area (Å²) in [5.74, 6) is 1.84. The number of unbranched alkanes of at least 4 members (excludes halogenated alkanes) is 1. The predicted octanol–water partition coefficient (Wildman–Crippen LogP) is 3.72. The number of fused-ring (bicyclic) bond motifs is 1. The fraction of sp³-hybridized carbons (Fsp3) is 0.444. The molecular formula is C18H24N4. The summed E-state index contributed by atoms with van der Waals surface area (Å²) in [4.78, 5) is 13.9. The van der Waals surface area contributed by atoms with Crippen LogP contribution in [0.25, 0.3) is 0 Å². The summed E-state index contributed by atoms with van der Waals surface area (Å²) in [5.41, 5.74) is 3.70. The lowest BCUT2D eigenvalue weighted by atomic mass is 10.2. The van der Waals surface area contributed by atoms with E-state index in [9.17, 15) is 0 Å². The lowest BCUT2D eigenvalue weighted by Crippen LogP contribution is -2.23. The summed E-state index contributed by atoms with van der Waals surface area (Å²) < 4.78 is 0. The van der Waals surface area contributed by atoms with Crippen molar-refractivity contribution in [1.29, 1.82) is 0 Å². The molecule has 1 aromatic carbocycles. The third-order valence-corrected chi connectivity index (χ3v) is 4.18. The van der Waals surface area contributed by atoms with Crippen molar-refractivity contribution in [2.75, 3.05) is 29.9 Å². The van der Waals surface area contributed by atoms with Gasteiger partial charge in [0.05, 0.1) is 0 Å². The molecule has 0 radical (unpaired) electrons. The Kier molecular flexibility index (Phi) is 4.27. The molecule has 2 heterocycles. The van der Waals surface area contributed by atoms with Crippen LogP contribution < -0.4 is 9.80 Å². The molecule has 0 aliphatic carbocycles. The molecule has 0 unspecified atom stereocenters. The molecule has 0 bridgehead atoms. The fourth-order valence-electron chi connectivity index (χ4n) is 2.92. The van der Waals surface area contributed by atoms with E-state index in [0.29, 0.717) is 0 Å². The summed E-state index contributed by atoms with van der Waals surface area (Å²) in [5, 5.41) is 0. The van der Waals surface area contributed by atoms with Crippen LogP contribution in [-0.2, 0) is 6.42 Å². The molecule has 116 valence electrons. The van der Waals surface area contributed by atoms with Gasteiger partial charge in [-0.15, -0.1) is 0 Å². The molecule has 0 fully saturated rings. The average Bonchev–Trinajstić information content (AvgIpc) is 2.96. The lowest BCUT2D eigenvalue weighted by Gasteiger charge is -2.22. The van der Waals surface area contributed by atoms with Crippen molar-refractivity contribution in [3.8, 4) is 0 Å². The second-order valence-electron chi connectivity index (χ2n) is 5.97. The van der Waals surface area contributed by atoms with Gasteiger partial charge in [0.1, 0.15) is 5.82 Å². The van der Waals surface area contributed by atoms with Crippen LogP contribution >= 0.6 is 0 Å². The highest BCUT2D eigenvalue weighted by molar-refractivity contribution is 5.68. The highest BCUT2D eigenvalue weighted by Crippen LogP contribution is 2.33. The highest BCUT2D eigenvalue weighted by atomic mass is 15.3. The summed E-state index contributed by atoms with van der Waals surface area (Å²) in [6.07, 6.45) is 3.43. The number of hydrogen-bond donors (Lipinski definition) is 0. The first-order valence-corrected chi connectivity index (χ1v) is 8.11. The molecule has 1 aliphatic heterocycles. The standard InChI is InChI=1S/C18H24N4/c1-4-5-11-21(3)18-19-14(2)13-17(20-18)22-12-10-15-8-6-7-9-16(15)22/h6-9,13H,4-5,10-12H2,1-3H3. The third-order valence-electron chi connectivity index (χ3n) is 4.18. The van der Waals surface area contributed by atoms with E-state index in [0.717, 1.165) is 43.4 Å². The largest absolute Gasteiger partial charge is 0.344 e. The van der Waals surface area contributed by atoms with Gasteiger partial charge >= 0.3 is 0 Å². The lowest BCUT2D eigenvalue weighted by molar-refractivity contribution is 0.747. The zero-order chi connectivity index (χ0) is 15.5. The van der Waals surface area contributed by atoms with Gasteiger partial charge in [-0.05, 0) is 31.4 Å². The van der Waals surface area contributed by atoms with Crippen molar-refractivity contribution in [3.63, 3.8) is 0 Å². The van der Waals surface area contributed by atoms with E-state index in [1.54, 1.807) is 0 Å². The van der Waals surface area contributed by atoms with E-state index in [2.05, 4.69) is 59.1 Å². The molecule has 0 atom stereocenters. The molecule has 0 saturated carbocycles. The fourth-order valence-corrected chi connectivity index (χ4v) is 2.92. The Balaban J connectivity index is 1.90. The molecule has 0 spiro atoms. The van der Waals surface area contributed by atoms with Crippen LogP contribution in [-0.4, -0.2) is 30.1 Å². The van der Waals surface area contributed by atoms with Gasteiger partial charge in [-0.1, -0.05) is 31.5 Å². The Hall–Kier alpha value is -2.10. The molecule has 22 heavy (non-hydrogen) atoms. The van der Waals surface area contributed by atoms with Crippen molar-refractivity contribution in [1.82, 2.24) is 9.97 Å². The first kappa shape index (κ1) is 14.8. The summed E-state index contributed by atoms with van der Waals surface area (Å²) >= 11 is 0. The van der Waals surface area contributed by atoms with Crippen LogP contribution in [0.5, 0.6) is 0 Å². The highest BCUT2D eigenvalue weighted by Gasteiger charge is 2.22.